The molecule has 1 rings (SSSR count). The number of aliphatic carboxylic acids is 1. The highest BCUT2D eigenvalue weighted by Gasteiger charge is 2.22. The molecule has 22 heavy (non-hydrogen) atoms. The van der Waals surface area contributed by atoms with Crippen LogP contribution in [0.1, 0.15) is 16.8 Å². The van der Waals surface area contributed by atoms with Gasteiger partial charge >= 0.3 is 5.97 Å². The highest BCUT2D eigenvalue weighted by atomic mass is 16.5. The van der Waals surface area contributed by atoms with Gasteiger partial charge in [0.15, 0.2) is 0 Å². The van der Waals surface area contributed by atoms with Crippen LogP contribution in [0, 0.1) is 0 Å². The van der Waals surface area contributed by atoms with E-state index in [1.807, 2.05) is 0 Å². The van der Waals surface area contributed by atoms with Crippen molar-refractivity contribution in [1.29, 1.82) is 0 Å². The maximum atomic E-state index is 12.2. The van der Waals surface area contributed by atoms with Gasteiger partial charge in [0.05, 0.1) is 12.2 Å². The number of amides is 1. The molecule has 7 heteroatoms. The molecule has 0 heterocycles. The van der Waals surface area contributed by atoms with Gasteiger partial charge in [0.1, 0.15) is 18.4 Å². The van der Waals surface area contributed by atoms with Crippen LogP contribution in [-0.4, -0.2) is 57.1 Å². The average molecular weight is 311 g/mol. The summed E-state index contributed by atoms with van der Waals surface area (Å²) < 4.78 is 15.2. The van der Waals surface area contributed by atoms with E-state index in [2.05, 4.69) is 5.32 Å². The first kappa shape index (κ1) is 17.9. The minimum Gasteiger partial charge on any atom is -0.490 e. The van der Waals surface area contributed by atoms with Crippen molar-refractivity contribution in [1.82, 2.24) is 5.32 Å². The van der Waals surface area contributed by atoms with E-state index >= 15 is 0 Å². The van der Waals surface area contributed by atoms with E-state index in [1.54, 1.807) is 31.4 Å². The van der Waals surface area contributed by atoms with Gasteiger partial charge in [-0.25, -0.2) is 4.79 Å². The van der Waals surface area contributed by atoms with Crippen LogP contribution in [-0.2, 0) is 14.3 Å². The van der Waals surface area contributed by atoms with Crippen molar-refractivity contribution < 1.29 is 28.9 Å². The number of hydrogen-bond donors (Lipinski definition) is 2. The third-order valence-corrected chi connectivity index (χ3v) is 2.89. The molecule has 0 aliphatic heterocycles. The Morgan fingerprint density at radius 2 is 1.82 bits per heavy atom. The third-order valence-electron chi connectivity index (χ3n) is 2.89. The van der Waals surface area contributed by atoms with E-state index in [4.69, 9.17) is 19.3 Å². The zero-order chi connectivity index (χ0) is 16.4. The molecule has 0 saturated heterocycles. The summed E-state index contributed by atoms with van der Waals surface area (Å²) in [5, 5.41) is 11.6. The molecular weight excluding hydrogens is 290 g/mol. The number of methoxy groups -OCH3 is 2. The fraction of sp³-hybridized carbons (Fsp3) is 0.467. The fourth-order valence-corrected chi connectivity index (χ4v) is 1.74. The lowest BCUT2D eigenvalue weighted by molar-refractivity contribution is -0.139. The summed E-state index contributed by atoms with van der Waals surface area (Å²) in [5.74, 6) is -1.23. The van der Waals surface area contributed by atoms with Gasteiger partial charge in [-0.2, -0.15) is 0 Å². The number of rotatable bonds is 10. The van der Waals surface area contributed by atoms with E-state index in [0.717, 1.165) is 0 Å². The lowest BCUT2D eigenvalue weighted by Gasteiger charge is -2.16. The van der Waals surface area contributed by atoms with Gasteiger partial charge in [-0.3, -0.25) is 4.79 Å². The van der Waals surface area contributed by atoms with E-state index in [0.29, 0.717) is 19.0 Å². The van der Waals surface area contributed by atoms with E-state index in [9.17, 15) is 9.59 Å². The van der Waals surface area contributed by atoms with Gasteiger partial charge in [-0.15, -0.1) is 0 Å². The molecule has 122 valence electrons. The number of ether oxygens (including phenoxy) is 3. The van der Waals surface area contributed by atoms with Crippen LogP contribution in [0.5, 0.6) is 5.75 Å². The van der Waals surface area contributed by atoms with Crippen molar-refractivity contribution in [2.45, 2.75) is 12.5 Å². The molecule has 0 fully saturated rings. The molecule has 1 unspecified atom stereocenters. The molecule has 0 radical (unpaired) electrons. The molecule has 0 aliphatic carbocycles. The molecule has 0 bridgehead atoms. The predicted molar refractivity (Wildman–Crippen MR) is 79.2 cm³/mol. The molecule has 7 nitrogen and oxygen atoms in total. The minimum absolute atomic E-state index is 0.185. The SMILES string of the molecule is COCCOc1ccccc1C(=O)NC(CCOC)C(=O)O. The summed E-state index contributed by atoms with van der Waals surface area (Å²) in [6.07, 6.45) is 0.185. The van der Waals surface area contributed by atoms with E-state index in [-0.39, 0.29) is 18.6 Å². The largest absolute Gasteiger partial charge is 0.490 e. The van der Waals surface area contributed by atoms with Crippen LogP contribution >= 0.6 is 0 Å². The molecule has 0 saturated carbocycles. The summed E-state index contributed by atoms with van der Waals surface area (Å²) in [6.45, 7) is 0.928. The van der Waals surface area contributed by atoms with Crippen LogP contribution in [0.3, 0.4) is 0 Å². The van der Waals surface area contributed by atoms with Crippen LogP contribution in [0.2, 0.25) is 0 Å². The van der Waals surface area contributed by atoms with Crippen molar-refractivity contribution in [2.24, 2.45) is 0 Å². The Morgan fingerprint density at radius 3 is 2.45 bits per heavy atom. The summed E-state index contributed by atoms with van der Waals surface area (Å²) in [4.78, 5) is 23.4. The van der Waals surface area contributed by atoms with Crippen LogP contribution < -0.4 is 10.1 Å². The molecule has 2 N–H and O–H groups in total. The molecular formula is C15H21NO6. The predicted octanol–water partition coefficient (Wildman–Crippen LogP) is 0.931. The maximum absolute atomic E-state index is 12.2. The highest BCUT2D eigenvalue weighted by molar-refractivity contribution is 5.98. The Morgan fingerprint density at radius 1 is 1.14 bits per heavy atom. The molecule has 1 atom stereocenters. The number of hydrogen-bond acceptors (Lipinski definition) is 5. The highest BCUT2D eigenvalue weighted by Crippen LogP contribution is 2.18. The Hall–Kier alpha value is -2.12. The quantitative estimate of drug-likeness (QED) is 0.624. The zero-order valence-corrected chi connectivity index (χ0v) is 12.7. The maximum Gasteiger partial charge on any atom is 0.326 e. The molecule has 0 spiro atoms. The van der Waals surface area contributed by atoms with Crippen molar-refractivity contribution in [3.63, 3.8) is 0 Å². The van der Waals surface area contributed by atoms with Crippen molar-refractivity contribution in [3.05, 3.63) is 29.8 Å². The number of para-hydroxylation sites is 1. The second-order valence-electron chi connectivity index (χ2n) is 4.48. The minimum atomic E-state index is -1.11. The first-order chi connectivity index (χ1) is 10.6. The number of carbonyl (C=O) groups excluding carboxylic acids is 1. The standard InChI is InChI=1S/C15H21NO6/c1-20-8-7-12(15(18)19)16-14(17)11-5-3-4-6-13(11)22-10-9-21-2/h3-6,12H,7-10H2,1-2H3,(H,16,17)(H,18,19). The van der Waals surface area contributed by atoms with Gasteiger partial charge in [0.25, 0.3) is 5.91 Å². The van der Waals surface area contributed by atoms with E-state index in [1.165, 1.54) is 7.11 Å². The smallest absolute Gasteiger partial charge is 0.326 e. The Bertz CT molecular complexity index is 491. The monoisotopic (exact) mass is 311 g/mol. The zero-order valence-electron chi connectivity index (χ0n) is 12.7. The van der Waals surface area contributed by atoms with Crippen LogP contribution in [0.15, 0.2) is 24.3 Å². The molecule has 1 amide bonds. The van der Waals surface area contributed by atoms with Crippen LogP contribution in [0.25, 0.3) is 0 Å². The lowest BCUT2D eigenvalue weighted by atomic mass is 10.1. The summed E-state index contributed by atoms with van der Waals surface area (Å²) >= 11 is 0. The Labute approximate surface area is 129 Å². The summed E-state index contributed by atoms with van der Waals surface area (Å²) in [5.41, 5.74) is 0.280. The van der Waals surface area contributed by atoms with Gasteiger partial charge in [-0.05, 0) is 12.1 Å². The van der Waals surface area contributed by atoms with Gasteiger partial charge < -0.3 is 24.6 Å². The first-order valence-corrected chi connectivity index (χ1v) is 6.83. The first-order valence-electron chi connectivity index (χ1n) is 6.83. The number of nitrogens with one attached hydrogen (secondary N) is 1. The summed E-state index contributed by atoms with van der Waals surface area (Å²) in [6, 6.07) is 5.63. The molecule has 0 aromatic heterocycles. The molecule has 1 aromatic rings. The van der Waals surface area contributed by atoms with Gasteiger partial charge in [0, 0.05) is 27.2 Å². The summed E-state index contributed by atoms with van der Waals surface area (Å²) in [7, 11) is 3.02. The topological polar surface area (TPSA) is 94.1 Å². The fourth-order valence-electron chi connectivity index (χ4n) is 1.74. The number of carboxylic acids is 1. The van der Waals surface area contributed by atoms with Crippen LogP contribution in [0.4, 0.5) is 0 Å². The average Bonchev–Trinajstić information content (AvgIpc) is 2.51. The number of benzene rings is 1. The molecule has 1 aromatic carbocycles. The van der Waals surface area contributed by atoms with Crippen molar-refractivity contribution in [3.8, 4) is 5.75 Å². The van der Waals surface area contributed by atoms with Crippen molar-refractivity contribution in [2.75, 3.05) is 34.0 Å². The van der Waals surface area contributed by atoms with Crippen molar-refractivity contribution >= 4 is 11.9 Å². The second kappa shape index (κ2) is 9.75. The second-order valence-corrected chi connectivity index (χ2v) is 4.48. The Kier molecular flexibility index (Phi) is 7.95. The number of carbonyl (C=O) groups is 2. The number of carboxylic acid groups (broad SMARTS) is 1. The van der Waals surface area contributed by atoms with Gasteiger partial charge in [0.2, 0.25) is 0 Å². The van der Waals surface area contributed by atoms with E-state index < -0.39 is 17.9 Å². The lowest BCUT2D eigenvalue weighted by Crippen LogP contribution is -2.41. The van der Waals surface area contributed by atoms with Gasteiger partial charge in [-0.1, -0.05) is 12.1 Å². The Balaban J connectivity index is 2.76. The third kappa shape index (κ3) is 5.71. The normalized spacial score (nSPS) is 11.7. The molecule has 0 aliphatic rings.